The molecule has 4 rings (SSSR count). The van der Waals surface area contributed by atoms with E-state index < -0.39 is 0 Å². The summed E-state index contributed by atoms with van der Waals surface area (Å²) in [4.78, 5) is 15.0. The first-order valence-electron chi connectivity index (χ1n) is 9.38. The number of hydrogen-bond acceptors (Lipinski definition) is 6. The molecule has 0 aromatic heterocycles. The van der Waals surface area contributed by atoms with Crippen LogP contribution in [0.2, 0.25) is 0 Å². The topological polar surface area (TPSA) is 69.3 Å². The molecule has 2 aromatic carbocycles. The Labute approximate surface area is 164 Å². The minimum atomic E-state index is -0.127. The summed E-state index contributed by atoms with van der Waals surface area (Å²) in [5.41, 5.74) is 1.66. The van der Waals surface area contributed by atoms with Crippen LogP contribution in [0, 0.1) is 0 Å². The Morgan fingerprint density at radius 2 is 1.96 bits per heavy atom. The second-order valence-corrected chi connectivity index (χ2v) is 6.72. The summed E-state index contributed by atoms with van der Waals surface area (Å²) in [7, 11) is 1.59. The molecule has 2 aromatic rings. The van der Waals surface area contributed by atoms with Gasteiger partial charge in [-0.1, -0.05) is 12.1 Å². The number of carbonyl (C=O) groups excluding carboxylic acids is 1. The van der Waals surface area contributed by atoms with Crippen molar-refractivity contribution in [1.29, 1.82) is 0 Å². The van der Waals surface area contributed by atoms with Gasteiger partial charge < -0.3 is 24.3 Å². The first-order valence-corrected chi connectivity index (χ1v) is 9.38. The third-order valence-corrected chi connectivity index (χ3v) is 5.06. The van der Waals surface area contributed by atoms with Crippen LogP contribution < -0.4 is 19.5 Å². The Bertz CT molecular complexity index is 835. The fraction of sp³-hybridized carbons (Fsp3) is 0.381. The van der Waals surface area contributed by atoms with Gasteiger partial charge >= 0.3 is 0 Å². The maximum atomic E-state index is 12.7. The van der Waals surface area contributed by atoms with E-state index in [1.807, 2.05) is 30.3 Å². The minimum absolute atomic E-state index is 0.0213. The van der Waals surface area contributed by atoms with Crippen LogP contribution in [-0.2, 0) is 4.74 Å². The summed E-state index contributed by atoms with van der Waals surface area (Å²) in [5, 5.41) is 3.06. The molecule has 0 radical (unpaired) electrons. The molecule has 0 unspecified atom stereocenters. The summed E-state index contributed by atoms with van der Waals surface area (Å²) >= 11 is 0. The highest BCUT2D eigenvalue weighted by Gasteiger charge is 2.25. The van der Waals surface area contributed by atoms with Crippen LogP contribution >= 0.6 is 0 Å². The third kappa shape index (κ3) is 4.05. The van der Waals surface area contributed by atoms with Crippen molar-refractivity contribution in [3.8, 4) is 17.2 Å². The van der Waals surface area contributed by atoms with Gasteiger partial charge in [0.1, 0.15) is 5.75 Å². The van der Waals surface area contributed by atoms with E-state index in [0.717, 1.165) is 30.2 Å². The smallest absolute Gasteiger partial charge is 0.251 e. The molecular formula is C21H24N2O5. The summed E-state index contributed by atoms with van der Waals surface area (Å²) < 4.78 is 21.7. The standard InChI is InChI=1S/C21H24N2O5/c1-25-17-4-2-3-16(11-17)21(24)22-13-18(23-7-9-26-10-8-23)15-5-6-19-20(12-15)28-14-27-19/h2-6,11-12,18H,7-10,13-14H2,1H3,(H,22,24)/t18-/m1/s1. The molecule has 0 aliphatic carbocycles. The zero-order valence-corrected chi connectivity index (χ0v) is 15.8. The van der Waals surface area contributed by atoms with Gasteiger partial charge in [-0.2, -0.15) is 0 Å². The van der Waals surface area contributed by atoms with E-state index in [1.165, 1.54) is 0 Å². The molecule has 7 nitrogen and oxygen atoms in total. The number of amides is 1. The molecule has 2 aliphatic rings. The number of benzene rings is 2. The number of rotatable bonds is 6. The summed E-state index contributed by atoms with van der Waals surface area (Å²) in [6, 6.07) is 13.1. The van der Waals surface area contributed by atoms with Gasteiger partial charge in [0, 0.05) is 25.2 Å². The molecule has 0 spiro atoms. The lowest BCUT2D eigenvalue weighted by Crippen LogP contribution is -2.43. The maximum Gasteiger partial charge on any atom is 0.251 e. The average molecular weight is 384 g/mol. The van der Waals surface area contributed by atoms with Crippen molar-refractivity contribution < 1.29 is 23.7 Å². The molecular weight excluding hydrogens is 360 g/mol. The lowest BCUT2D eigenvalue weighted by Gasteiger charge is -2.35. The Morgan fingerprint density at radius 3 is 2.79 bits per heavy atom. The number of methoxy groups -OCH3 is 1. The van der Waals surface area contributed by atoms with Crippen LogP contribution in [0.1, 0.15) is 22.0 Å². The zero-order chi connectivity index (χ0) is 19.3. The molecule has 1 N–H and O–H groups in total. The number of nitrogens with one attached hydrogen (secondary N) is 1. The molecule has 1 atom stereocenters. The largest absolute Gasteiger partial charge is 0.497 e. The lowest BCUT2D eigenvalue weighted by atomic mass is 10.0. The molecule has 148 valence electrons. The Kier molecular flexibility index (Phi) is 5.64. The molecule has 7 heteroatoms. The van der Waals surface area contributed by atoms with Gasteiger partial charge in [-0.3, -0.25) is 9.69 Å². The zero-order valence-electron chi connectivity index (χ0n) is 15.8. The number of nitrogens with zero attached hydrogens (tertiary/aromatic N) is 1. The van der Waals surface area contributed by atoms with Crippen molar-refractivity contribution in [2.45, 2.75) is 6.04 Å². The van der Waals surface area contributed by atoms with Crippen molar-refractivity contribution in [3.63, 3.8) is 0 Å². The first-order chi connectivity index (χ1) is 13.7. The molecule has 1 saturated heterocycles. The highest BCUT2D eigenvalue weighted by Crippen LogP contribution is 2.35. The number of carbonyl (C=O) groups is 1. The second kappa shape index (κ2) is 8.50. The van der Waals surface area contributed by atoms with Crippen LogP contribution in [0.25, 0.3) is 0 Å². The van der Waals surface area contributed by atoms with Gasteiger partial charge in [0.15, 0.2) is 11.5 Å². The van der Waals surface area contributed by atoms with Crippen LogP contribution in [0.4, 0.5) is 0 Å². The molecule has 1 amide bonds. The Balaban J connectivity index is 1.51. The number of morpholine rings is 1. The molecule has 2 aliphatic heterocycles. The van der Waals surface area contributed by atoms with E-state index in [4.69, 9.17) is 18.9 Å². The van der Waals surface area contributed by atoms with Gasteiger partial charge in [0.05, 0.1) is 26.4 Å². The van der Waals surface area contributed by atoms with E-state index >= 15 is 0 Å². The molecule has 1 fully saturated rings. The number of fused-ring (bicyclic) bond motifs is 1. The predicted octanol–water partition coefficient (Wildman–Crippen LogP) is 2.23. The molecule has 0 bridgehead atoms. The predicted molar refractivity (Wildman–Crippen MR) is 103 cm³/mol. The van der Waals surface area contributed by atoms with Crippen LogP contribution in [0.3, 0.4) is 0 Å². The highest BCUT2D eigenvalue weighted by atomic mass is 16.7. The summed E-state index contributed by atoms with van der Waals surface area (Å²) in [5.74, 6) is 2.03. The Hall–Kier alpha value is -2.77. The molecule has 2 heterocycles. The fourth-order valence-corrected chi connectivity index (χ4v) is 3.52. The SMILES string of the molecule is COc1cccc(C(=O)NC[C@H](c2ccc3c(c2)OCO3)N2CCOCC2)c1. The van der Waals surface area contributed by atoms with Crippen molar-refractivity contribution >= 4 is 5.91 Å². The minimum Gasteiger partial charge on any atom is -0.497 e. The average Bonchev–Trinajstić information content (AvgIpc) is 3.22. The van der Waals surface area contributed by atoms with Gasteiger partial charge in [-0.15, -0.1) is 0 Å². The van der Waals surface area contributed by atoms with Crippen LogP contribution in [-0.4, -0.2) is 57.6 Å². The van der Waals surface area contributed by atoms with E-state index in [-0.39, 0.29) is 18.7 Å². The van der Waals surface area contributed by atoms with Crippen molar-refractivity contribution in [3.05, 3.63) is 53.6 Å². The second-order valence-electron chi connectivity index (χ2n) is 6.72. The van der Waals surface area contributed by atoms with Crippen molar-refractivity contribution in [1.82, 2.24) is 10.2 Å². The van der Waals surface area contributed by atoms with Crippen molar-refractivity contribution in [2.24, 2.45) is 0 Å². The van der Waals surface area contributed by atoms with E-state index in [2.05, 4.69) is 10.2 Å². The van der Waals surface area contributed by atoms with Gasteiger partial charge in [-0.25, -0.2) is 0 Å². The first kappa shape index (κ1) is 18.6. The third-order valence-electron chi connectivity index (χ3n) is 5.06. The summed E-state index contributed by atoms with van der Waals surface area (Å²) in [6.07, 6.45) is 0. The van der Waals surface area contributed by atoms with E-state index in [9.17, 15) is 4.79 Å². The van der Waals surface area contributed by atoms with Crippen LogP contribution in [0.5, 0.6) is 17.2 Å². The molecule has 0 saturated carbocycles. The van der Waals surface area contributed by atoms with E-state index in [1.54, 1.807) is 19.2 Å². The quantitative estimate of drug-likeness (QED) is 0.824. The van der Waals surface area contributed by atoms with Crippen LogP contribution in [0.15, 0.2) is 42.5 Å². The maximum absolute atomic E-state index is 12.7. The van der Waals surface area contributed by atoms with Gasteiger partial charge in [-0.05, 0) is 35.9 Å². The normalized spacial score (nSPS) is 17.2. The highest BCUT2D eigenvalue weighted by molar-refractivity contribution is 5.94. The monoisotopic (exact) mass is 384 g/mol. The molecule has 28 heavy (non-hydrogen) atoms. The number of hydrogen-bond donors (Lipinski definition) is 1. The number of ether oxygens (including phenoxy) is 4. The van der Waals surface area contributed by atoms with Gasteiger partial charge in [0.2, 0.25) is 6.79 Å². The fourth-order valence-electron chi connectivity index (χ4n) is 3.52. The summed E-state index contributed by atoms with van der Waals surface area (Å²) in [6.45, 7) is 3.72. The van der Waals surface area contributed by atoms with Gasteiger partial charge in [0.25, 0.3) is 5.91 Å². The van der Waals surface area contributed by atoms with Crippen molar-refractivity contribution in [2.75, 3.05) is 46.8 Å². The lowest BCUT2D eigenvalue weighted by molar-refractivity contribution is 0.0162. The van der Waals surface area contributed by atoms with E-state index in [0.29, 0.717) is 31.1 Å². The Morgan fingerprint density at radius 1 is 1.14 bits per heavy atom.